The lowest BCUT2D eigenvalue weighted by Crippen LogP contribution is -2.49. The van der Waals surface area contributed by atoms with Crippen LogP contribution in [0.2, 0.25) is 0 Å². The summed E-state index contributed by atoms with van der Waals surface area (Å²) in [7, 11) is -2.66. The zero-order valence-corrected chi connectivity index (χ0v) is 25.8. The average molecular weight is 614 g/mol. The van der Waals surface area contributed by atoms with Gasteiger partial charge < -0.3 is 9.64 Å². The summed E-state index contributed by atoms with van der Waals surface area (Å²) in [5.74, 6) is -0.915. The van der Waals surface area contributed by atoms with E-state index in [4.69, 9.17) is 14.8 Å². The van der Waals surface area contributed by atoms with E-state index in [-0.39, 0.29) is 23.5 Å². The number of fused-ring (bicyclic) bond motifs is 1. The highest BCUT2D eigenvalue weighted by molar-refractivity contribution is 7.87. The largest absolute Gasteiger partial charge is 0.379 e. The minimum absolute atomic E-state index is 0.0121. The van der Waals surface area contributed by atoms with Crippen LogP contribution in [0, 0.1) is 5.82 Å². The van der Waals surface area contributed by atoms with Gasteiger partial charge in [0.15, 0.2) is 5.65 Å². The number of carbonyl (C=O) groups is 1. The highest BCUT2D eigenvalue weighted by Crippen LogP contribution is 2.43. The lowest BCUT2D eigenvalue weighted by Gasteiger charge is -2.41. The van der Waals surface area contributed by atoms with Crippen molar-refractivity contribution in [3.05, 3.63) is 47.5 Å². The van der Waals surface area contributed by atoms with Gasteiger partial charge in [-0.15, -0.1) is 0 Å². The molecule has 1 N–H and O–H groups in total. The molecule has 11 nitrogen and oxygen atoms in total. The second kappa shape index (κ2) is 12.1. The second-order valence-electron chi connectivity index (χ2n) is 12.0. The molecule has 4 heterocycles. The molecular formula is C30H40FN7O4S. The topological polar surface area (TPSA) is 113 Å². The molecule has 1 saturated carbocycles. The van der Waals surface area contributed by atoms with Crippen LogP contribution in [0.25, 0.3) is 16.7 Å². The molecule has 2 saturated heterocycles. The first kappa shape index (κ1) is 29.9. The first-order chi connectivity index (χ1) is 20.6. The minimum atomic E-state index is -4.09. The smallest absolute Gasteiger partial charge is 0.304 e. The number of halogens is 1. The number of ether oxygens (including phenoxy) is 1. The van der Waals surface area contributed by atoms with E-state index < -0.39 is 16.1 Å². The molecule has 0 atom stereocenters. The zero-order valence-electron chi connectivity index (χ0n) is 25.0. The van der Waals surface area contributed by atoms with Crippen LogP contribution < -0.4 is 9.62 Å². The summed E-state index contributed by atoms with van der Waals surface area (Å²) in [6.45, 7) is 8.41. The Bertz CT molecular complexity index is 1580. The van der Waals surface area contributed by atoms with Gasteiger partial charge in [0.25, 0.3) is 5.91 Å². The van der Waals surface area contributed by atoms with Gasteiger partial charge in [0.1, 0.15) is 11.5 Å². The van der Waals surface area contributed by atoms with E-state index >= 15 is 0 Å². The Hall–Kier alpha value is -3.13. The summed E-state index contributed by atoms with van der Waals surface area (Å²) >= 11 is 0. The van der Waals surface area contributed by atoms with E-state index in [0.717, 1.165) is 92.6 Å². The molecule has 43 heavy (non-hydrogen) atoms. The lowest BCUT2D eigenvalue weighted by molar-refractivity contribution is 0.0115. The van der Waals surface area contributed by atoms with Gasteiger partial charge in [-0.3, -0.25) is 9.69 Å². The van der Waals surface area contributed by atoms with Crippen LogP contribution in [-0.2, 0) is 14.9 Å². The molecule has 2 aromatic heterocycles. The fourth-order valence-electron chi connectivity index (χ4n) is 6.15. The van der Waals surface area contributed by atoms with E-state index in [9.17, 15) is 17.6 Å². The maximum Gasteiger partial charge on any atom is 0.304 e. The normalized spacial score (nSPS) is 19.3. The van der Waals surface area contributed by atoms with Crippen LogP contribution in [0.5, 0.6) is 0 Å². The first-order valence-corrected chi connectivity index (χ1v) is 16.6. The second-order valence-corrected chi connectivity index (χ2v) is 13.8. The number of nitrogens with one attached hydrogen (secondary N) is 1. The molecule has 1 aliphatic carbocycles. The fourth-order valence-corrected chi connectivity index (χ4v) is 7.19. The van der Waals surface area contributed by atoms with Crippen LogP contribution in [-0.4, -0.2) is 96.8 Å². The SMILES string of the molecule is CC(C)N(C)S(=O)(=O)NC(=O)c1cc(N2CCC(N3CCOCC3)CC2)c2c(C3CCC3)nn(-c3ccc(F)cc3)c2n1. The summed E-state index contributed by atoms with van der Waals surface area (Å²) in [4.78, 5) is 23.0. The monoisotopic (exact) mass is 613 g/mol. The molecule has 6 rings (SSSR count). The fraction of sp³-hybridized carbons (Fsp3) is 0.567. The van der Waals surface area contributed by atoms with Crippen molar-refractivity contribution in [1.82, 2.24) is 28.7 Å². The minimum Gasteiger partial charge on any atom is -0.379 e. The number of aromatic nitrogens is 3. The Kier molecular flexibility index (Phi) is 8.42. The van der Waals surface area contributed by atoms with Crippen molar-refractivity contribution in [2.45, 2.75) is 64.0 Å². The Labute approximate surface area is 252 Å². The summed E-state index contributed by atoms with van der Waals surface area (Å²) in [6, 6.07) is 7.85. The third-order valence-corrected chi connectivity index (χ3v) is 10.8. The van der Waals surface area contributed by atoms with Crippen LogP contribution in [0.15, 0.2) is 30.3 Å². The van der Waals surface area contributed by atoms with Crippen molar-refractivity contribution in [1.29, 1.82) is 0 Å². The summed E-state index contributed by atoms with van der Waals surface area (Å²) in [5, 5.41) is 5.88. The Morgan fingerprint density at radius 1 is 1.07 bits per heavy atom. The van der Waals surface area contributed by atoms with Gasteiger partial charge in [-0.05, 0) is 69.9 Å². The van der Waals surface area contributed by atoms with Crippen molar-refractivity contribution in [3.63, 3.8) is 0 Å². The van der Waals surface area contributed by atoms with Crippen molar-refractivity contribution in [2.24, 2.45) is 0 Å². The van der Waals surface area contributed by atoms with E-state index in [0.29, 0.717) is 17.4 Å². The summed E-state index contributed by atoms with van der Waals surface area (Å²) in [6.07, 6.45) is 5.06. The van der Waals surface area contributed by atoms with Gasteiger partial charge in [0.05, 0.1) is 35.7 Å². The Balaban J connectivity index is 1.43. The Morgan fingerprint density at radius 3 is 2.35 bits per heavy atom. The molecule has 0 spiro atoms. The molecule has 3 fully saturated rings. The number of benzene rings is 1. The van der Waals surface area contributed by atoms with Crippen LogP contribution >= 0.6 is 0 Å². The Morgan fingerprint density at radius 2 is 1.74 bits per heavy atom. The zero-order chi connectivity index (χ0) is 30.3. The molecule has 1 aromatic carbocycles. The standard InChI is InChI=1S/C30H40FN7O4S/c1-20(2)35(3)43(40,41)34-30(39)25-19-26(37-13-11-23(12-14-37)36-15-17-42-18-16-36)27-28(21-5-4-6-21)33-38(29(27)32-25)24-9-7-22(31)8-10-24/h7-10,19-21,23H,4-6,11-18H2,1-3H3,(H,34,39). The highest BCUT2D eigenvalue weighted by atomic mass is 32.2. The quantitative estimate of drug-likeness (QED) is 0.411. The summed E-state index contributed by atoms with van der Waals surface area (Å²) < 4.78 is 50.3. The van der Waals surface area contributed by atoms with Crippen molar-refractivity contribution >= 4 is 32.8 Å². The number of amides is 1. The number of morpholine rings is 1. The predicted octanol–water partition coefficient (Wildman–Crippen LogP) is 3.44. The summed E-state index contributed by atoms with van der Waals surface area (Å²) in [5.41, 5.74) is 2.82. The van der Waals surface area contributed by atoms with Gasteiger partial charge in [0, 0.05) is 51.2 Å². The molecule has 3 aliphatic rings. The third kappa shape index (κ3) is 6.00. The van der Waals surface area contributed by atoms with Gasteiger partial charge in [-0.25, -0.2) is 18.8 Å². The average Bonchev–Trinajstić information content (AvgIpc) is 3.35. The molecule has 232 valence electrons. The number of rotatable bonds is 8. The predicted molar refractivity (Wildman–Crippen MR) is 162 cm³/mol. The van der Waals surface area contributed by atoms with Crippen molar-refractivity contribution < 1.29 is 22.3 Å². The van der Waals surface area contributed by atoms with E-state index in [1.807, 2.05) is 0 Å². The molecule has 0 bridgehead atoms. The number of nitrogens with zero attached hydrogens (tertiary/aromatic N) is 6. The van der Waals surface area contributed by atoms with Crippen LogP contribution in [0.1, 0.15) is 68.1 Å². The lowest BCUT2D eigenvalue weighted by atomic mass is 9.82. The molecular weight excluding hydrogens is 573 g/mol. The number of pyridine rings is 1. The van der Waals surface area contributed by atoms with Crippen molar-refractivity contribution in [3.8, 4) is 5.69 Å². The van der Waals surface area contributed by atoms with E-state index in [1.165, 1.54) is 19.2 Å². The molecule has 2 aliphatic heterocycles. The van der Waals surface area contributed by atoms with Gasteiger partial charge >= 0.3 is 10.2 Å². The number of piperidine rings is 1. The molecule has 13 heteroatoms. The van der Waals surface area contributed by atoms with Crippen LogP contribution in [0.4, 0.5) is 10.1 Å². The molecule has 1 amide bonds. The number of hydrogen-bond donors (Lipinski definition) is 1. The molecule has 3 aromatic rings. The number of anilines is 1. The van der Waals surface area contributed by atoms with Crippen LogP contribution in [0.3, 0.4) is 0 Å². The third-order valence-electron chi connectivity index (χ3n) is 9.14. The van der Waals surface area contributed by atoms with Gasteiger partial charge in [-0.1, -0.05) is 6.42 Å². The van der Waals surface area contributed by atoms with Crippen molar-refractivity contribution in [2.75, 3.05) is 51.3 Å². The van der Waals surface area contributed by atoms with Gasteiger partial charge in [-0.2, -0.15) is 17.8 Å². The number of carbonyl (C=O) groups excluding carboxylic acids is 1. The van der Waals surface area contributed by atoms with Gasteiger partial charge in [0.2, 0.25) is 0 Å². The molecule has 0 unspecified atom stereocenters. The molecule has 0 radical (unpaired) electrons. The first-order valence-electron chi connectivity index (χ1n) is 15.2. The maximum atomic E-state index is 13.9. The van der Waals surface area contributed by atoms with E-state index in [2.05, 4.69) is 14.5 Å². The van der Waals surface area contributed by atoms with E-state index in [1.54, 1.807) is 36.7 Å². The number of hydrogen-bond acceptors (Lipinski definition) is 8. The maximum absolute atomic E-state index is 13.9. The highest BCUT2D eigenvalue weighted by Gasteiger charge is 2.33.